The third-order valence-electron chi connectivity index (χ3n) is 4.78. The summed E-state index contributed by atoms with van der Waals surface area (Å²) in [5.41, 5.74) is 0. The summed E-state index contributed by atoms with van der Waals surface area (Å²) in [6, 6.07) is 0. The van der Waals surface area contributed by atoms with Crippen molar-refractivity contribution < 1.29 is 19.4 Å². The second-order valence-electron chi connectivity index (χ2n) is 7.70. The van der Waals surface area contributed by atoms with Gasteiger partial charge in [-0.15, -0.1) is 0 Å². The molecule has 4 nitrogen and oxygen atoms in total. The normalized spacial score (nSPS) is 12.8. The molecule has 0 aliphatic rings. The van der Waals surface area contributed by atoms with Gasteiger partial charge < -0.3 is 14.6 Å². The molecule has 1 atom stereocenters. The summed E-state index contributed by atoms with van der Waals surface area (Å²) in [5, 5.41) is 9.27. The van der Waals surface area contributed by atoms with Crippen LogP contribution in [0.5, 0.6) is 0 Å². The maximum Gasteiger partial charge on any atom is 0.306 e. The molecule has 0 spiro atoms. The van der Waals surface area contributed by atoms with Gasteiger partial charge in [0.05, 0.1) is 13.2 Å². The van der Waals surface area contributed by atoms with Gasteiger partial charge in [-0.2, -0.15) is 0 Å². The molecule has 0 aliphatic carbocycles. The molecule has 0 amide bonds. The highest BCUT2D eigenvalue weighted by Crippen LogP contribution is 2.08. The predicted molar refractivity (Wildman–Crippen MR) is 122 cm³/mol. The lowest BCUT2D eigenvalue weighted by Gasteiger charge is -2.15. The number of carbonyl (C=O) groups is 1. The maximum absolute atomic E-state index is 11.6. The summed E-state index contributed by atoms with van der Waals surface area (Å²) in [7, 11) is 0. The summed E-state index contributed by atoms with van der Waals surface area (Å²) in [5.74, 6) is -0.243. The molecule has 29 heavy (non-hydrogen) atoms. The average Bonchev–Trinajstić information content (AvgIpc) is 2.73. The Balaban J connectivity index is 3.39. The van der Waals surface area contributed by atoms with Crippen LogP contribution in [0.2, 0.25) is 0 Å². The van der Waals surface area contributed by atoms with Crippen LogP contribution >= 0.6 is 0 Å². The fourth-order valence-electron chi connectivity index (χ4n) is 2.91. The lowest BCUT2D eigenvalue weighted by molar-refractivity contribution is -0.154. The van der Waals surface area contributed by atoms with E-state index in [0.717, 1.165) is 25.7 Å². The predicted octanol–water partition coefficient (Wildman–Crippen LogP) is 6.52. The van der Waals surface area contributed by atoms with E-state index >= 15 is 0 Å². The van der Waals surface area contributed by atoms with Crippen molar-refractivity contribution in [2.24, 2.45) is 0 Å². The van der Waals surface area contributed by atoms with Gasteiger partial charge >= 0.3 is 5.97 Å². The van der Waals surface area contributed by atoms with Gasteiger partial charge in [0.15, 0.2) is 0 Å². The lowest BCUT2D eigenvalue weighted by Crippen LogP contribution is -2.27. The Labute approximate surface area is 179 Å². The van der Waals surface area contributed by atoms with Gasteiger partial charge in [0, 0.05) is 13.0 Å². The van der Waals surface area contributed by atoms with Crippen LogP contribution in [0.15, 0.2) is 24.3 Å². The molecule has 0 radical (unpaired) electrons. The summed E-state index contributed by atoms with van der Waals surface area (Å²) >= 11 is 0. The fraction of sp³-hybridized carbons (Fsp3) is 0.800. The van der Waals surface area contributed by atoms with Crippen LogP contribution in [0.1, 0.15) is 104 Å². The van der Waals surface area contributed by atoms with E-state index in [1.54, 1.807) is 0 Å². The Bertz CT molecular complexity index is 404. The molecular formula is C25H46O4. The minimum atomic E-state index is -0.528. The molecule has 0 bridgehead atoms. The first-order chi connectivity index (χ1) is 14.2. The molecule has 0 saturated carbocycles. The third-order valence-corrected chi connectivity index (χ3v) is 4.78. The molecule has 1 unspecified atom stereocenters. The van der Waals surface area contributed by atoms with Crippen LogP contribution in [0, 0.1) is 0 Å². The zero-order chi connectivity index (χ0) is 21.4. The Morgan fingerprint density at radius 2 is 1.45 bits per heavy atom. The van der Waals surface area contributed by atoms with Crippen molar-refractivity contribution in [1.29, 1.82) is 0 Å². The van der Waals surface area contributed by atoms with Crippen molar-refractivity contribution >= 4 is 5.97 Å². The molecule has 4 heteroatoms. The Morgan fingerprint density at radius 3 is 2.10 bits per heavy atom. The van der Waals surface area contributed by atoms with E-state index in [4.69, 9.17) is 9.47 Å². The van der Waals surface area contributed by atoms with Gasteiger partial charge in [0.1, 0.15) is 6.10 Å². The lowest BCUT2D eigenvalue weighted by atomic mass is 10.1. The van der Waals surface area contributed by atoms with Crippen LogP contribution in [-0.4, -0.2) is 37.0 Å². The zero-order valence-corrected chi connectivity index (χ0v) is 19.1. The molecule has 170 valence electrons. The zero-order valence-electron chi connectivity index (χ0n) is 19.1. The van der Waals surface area contributed by atoms with Gasteiger partial charge in [0.25, 0.3) is 0 Å². The van der Waals surface area contributed by atoms with Gasteiger partial charge in [-0.1, -0.05) is 83.1 Å². The van der Waals surface area contributed by atoms with E-state index in [-0.39, 0.29) is 19.2 Å². The second kappa shape index (κ2) is 23.2. The number of aliphatic hydroxyl groups is 1. The van der Waals surface area contributed by atoms with Crippen LogP contribution in [0.4, 0.5) is 0 Å². The number of unbranched alkanes of at least 4 members (excludes halogenated alkanes) is 9. The van der Waals surface area contributed by atoms with Crippen LogP contribution in [-0.2, 0) is 14.3 Å². The largest absolute Gasteiger partial charge is 0.457 e. The van der Waals surface area contributed by atoms with Crippen molar-refractivity contribution in [2.45, 2.75) is 110 Å². The number of allylic oxidation sites excluding steroid dienone is 4. The molecule has 0 saturated heterocycles. The molecule has 0 aliphatic heterocycles. The number of hydrogen-bond acceptors (Lipinski definition) is 4. The van der Waals surface area contributed by atoms with Crippen molar-refractivity contribution in [3.8, 4) is 0 Å². The minimum Gasteiger partial charge on any atom is -0.457 e. The van der Waals surface area contributed by atoms with Crippen molar-refractivity contribution in [3.05, 3.63) is 24.3 Å². The fourth-order valence-corrected chi connectivity index (χ4v) is 2.91. The number of aliphatic hydroxyl groups excluding tert-OH is 1. The maximum atomic E-state index is 11.6. The van der Waals surface area contributed by atoms with Crippen molar-refractivity contribution in [3.63, 3.8) is 0 Å². The summed E-state index contributed by atoms with van der Waals surface area (Å²) < 4.78 is 10.8. The standard InChI is InChI=1S/C25H46O4/c1-3-5-7-8-9-10-11-12-13-14-15-16-17-18-19-21-28-23-24(22-26)29-25(27)20-6-4-2/h8-9,11-12,24,26H,3-7,10,13-23H2,1-2H3/b9-8-,12-11-. The van der Waals surface area contributed by atoms with Crippen LogP contribution < -0.4 is 0 Å². The molecule has 0 aromatic rings. The van der Waals surface area contributed by atoms with Crippen LogP contribution in [0.25, 0.3) is 0 Å². The first-order valence-electron chi connectivity index (χ1n) is 11.9. The molecule has 0 fully saturated rings. The van der Waals surface area contributed by atoms with E-state index in [9.17, 15) is 9.90 Å². The van der Waals surface area contributed by atoms with Crippen LogP contribution in [0.3, 0.4) is 0 Å². The monoisotopic (exact) mass is 410 g/mol. The molecule has 0 aromatic carbocycles. The van der Waals surface area contributed by atoms with E-state index in [1.165, 1.54) is 57.8 Å². The second-order valence-corrected chi connectivity index (χ2v) is 7.70. The van der Waals surface area contributed by atoms with E-state index in [1.807, 2.05) is 6.92 Å². The SMILES string of the molecule is CCCC/C=C\C/C=C\CCCCCCCCOCC(CO)OC(=O)CCCC. The van der Waals surface area contributed by atoms with Gasteiger partial charge in [-0.25, -0.2) is 0 Å². The number of ether oxygens (including phenoxy) is 2. The van der Waals surface area contributed by atoms with Gasteiger partial charge in [-0.3, -0.25) is 4.79 Å². The first-order valence-corrected chi connectivity index (χ1v) is 11.9. The van der Waals surface area contributed by atoms with Gasteiger partial charge in [-0.05, 0) is 38.5 Å². The summed E-state index contributed by atoms with van der Waals surface area (Å²) in [6.07, 6.45) is 24.1. The Kier molecular flexibility index (Phi) is 22.2. The molecule has 0 rings (SSSR count). The summed E-state index contributed by atoms with van der Waals surface area (Å²) in [6.45, 7) is 5.03. The Hall–Kier alpha value is -1.13. The average molecular weight is 411 g/mol. The molecule has 0 aromatic heterocycles. The summed E-state index contributed by atoms with van der Waals surface area (Å²) in [4.78, 5) is 11.6. The smallest absolute Gasteiger partial charge is 0.306 e. The quantitative estimate of drug-likeness (QED) is 0.133. The minimum absolute atomic E-state index is 0.179. The molecule has 1 N–H and O–H groups in total. The van der Waals surface area contributed by atoms with Crippen molar-refractivity contribution in [2.75, 3.05) is 19.8 Å². The highest BCUT2D eigenvalue weighted by atomic mass is 16.6. The highest BCUT2D eigenvalue weighted by molar-refractivity contribution is 5.69. The topological polar surface area (TPSA) is 55.8 Å². The highest BCUT2D eigenvalue weighted by Gasteiger charge is 2.13. The molecule has 0 heterocycles. The molecular weight excluding hydrogens is 364 g/mol. The van der Waals surface area contributed by atoms with Gasteiger partial charge in [0.2, 0.25) is 0 Å². The number of carbonyl (C=O) groups excluding carboxylic acids is 1. The van der Waals surface area contributed by atoms with E-state index in [2.05, 4.69) is 31.2 Å². The van der Waals surface area contributed by atoms with E-state index < -0.39 is 6.10 Å². The van der Waals surface area contributed by atoms with E-state index in [0.29, 0.717) is 13.0 Å². The number of hydrogen-bond donors (Lipinski definition) is 1. The Morgan fingerprint density at radius 1 is 0.828 bits per heavy atom. The number of rotatable bonds is 21. The first kappa shape index (κ1) is 27.9. The van der Waals surface area contributed by atoms with Crippen molar-refractivity contribution in [1.82, 2.24) is 0 Å². The number of esters is 1. The third kappa shape index (κ3) is 21.4.